The fourth-order valence-corrected chi connectivity index (χ4v) is 3.46. The third-order valence-electron chi connectivity index (χ3n) is 5.24. The van der Waals surface area contributed by atoms with Crippen molar-refractivity contribution in [2.24, 2.45) is 5.10 Å². The van der Waals surface area contributed by atoms with Crippen LogP contribution in [0.3, 0.4) is 0 Å². The molecular weight excluding hydrogens is 454 g/mol. The van der Waals surface area contributed by atoms with Crippen molar-refractivity contribution in [1.82, 2.24) is 5.43 Å². The first kappa shape index (κ1) is 24.2. The lowest BCUT2D eigenvalue weighted by molar-refractivity contribution is -0.129. The van der Waals surface area contributed by atoms with E-state index in [4.69, 9.17) is 9.47 Å². The smallest absolute Gasteiger partial charge is 0.336 e. The number of anilines is 1. The Hall–Kier alpha value is -4.91. The summed E-state index contributed by atoms with van der Waals surface area (Å²) in [5.41, 5.74) is 4.89. The van der Waals surface area contributed by atoms with Crippen LogP contribution < -0.4 is 20.2 Å². The zero-order chi connectivity index (χ0) is 25.2. The second-order valence-corrected chi connectivity index (χ2v) is 7.77. The zero-order valence-electron chi connectivity index (χ0n) is 19.7. The maximum Gasteiger partial charge on any atom is 0.336 e. The summed E-state index contributed by atoms with van der Waals surface area (Å²) in [6.45, 7) is 0.0729. The van der Waals surface area contributed by atoms with E-state index in [2.05, 4.69) is 15.8 Å². The zero-order valence-corrected chi connectivity index (χ0v) is 19.7. The van der Waals surface area contributed by atoms with Crippen LogP contribution in [0, 0.1) is 0 Å². The number of carbonyl (C=O) groups is 2. The van der Waals surface area contributed by atoms with Crippen LogP contribution in [0.2, 0.25) is 0 Å². The normalized spacial score (nSPS) is 11.0. The van der Waals surface area contributed by atoms with Gasteiger partial charge in [-0.2, -0.15) is 5.10 Å². The van der Waals surface area contributed by atoms with E-state index in [-0.39, 0.29) is 12.5 Å². The Labute approximate surface area is 209 Å². The number of hydrazone groups is 1. The van der Waals surface area contributed by atoms with Crippen molar-refractivity contribution in [2.75, 3.05) is 19.0 Å². The van der Waals surface area contributed by atoms with Crippen molar-refractivity contribution in [3.63, 3.8) is 0 Å². The topological polar surface area (TPSA) is 89.0 Å². The monoisotopic (exact) mass is 479 g/mol. The van der Waals surface area contributed by atoms with Crippen molar-refractivity contribution in [2.45, 2.75) is 0 Å². The van der Waals surface area contributed by atoms with Crippen molar-refractivity contribution >= 4 is 40.6 Å². The van der Waals surface area contributed by atoms with Gasteiger partial charge in [0.2, 0.25) is 0 Å². The summed E-state index contributed by atoms with van der Waals surface area (Å²) in [6, 6.07) is 28.0. The molecule has 0 saturated carbocycles. The van der Waals surface area contributed by atoms with Gasteiger partial charge in [0.1, 0.15) is 11.5 Å². The van der Waals surface area contributed by atoms with Gasteiger partial charge in [0.05, 0.1) is 19.9 Å². The fourth-order valence-electron chi connectivity index (χ4n) is 3.46. The van der Waals surface area contributed by atoms with E-state index >= 15 is 0 Å². The van der Waals surface area contributed by atoms with Crippen LogP contribution >= 0.6 is 0 Å². The van der Waals surface area contributed by atoms with Crippen molar-refractivity contribution in [3.05, 3.63) is 108 Å². The number of esters is 1. The van der Waals surface area contributed by atoms with Gasteiger partial charge >= 0.3 is 5.97 Å². The molecule has 36 heavy (non-hydrogen) atoms. The molecule has 2 N–H and O–H groups in total. The van der Waals surface area contributed by atoms with E-state index < -0.39 is 5.97 Å². The average molecular weight is 480 g/mol. The first-order chi connectivity index (χ1) is 17.6. The molecule has 7 nitrogen and oxygen atoms in total. The Morgan fingerprint density at radius 3 is 2.47 bits per heavy atom. The second kappa shape index (κ2) is 12.0. The first-order valence-electron chi connectivity index (χ1n) is 11.3. The number of rotatable bonds is 9. The van der Waals surface area contributed by atoms with Crippen molar-refractivity contribution in [1.29, 1.82) is 0 Å². The Kier molecular flexibility index (Phi) is 8.07. The van der Waals surface area contributed by atoms with Gasteiger partial charge in [0.25, 0.3) is 5.91 Å². The third kappa shape index (κ3) is 6.80. The maximum absolute atomic E-state index is 12.2. The average Bonchev–Trinajstić information content (AvgIpc) is 2.91. The summed E-state index contributed by atoms with van der Waals surface area (Å²) >= 11 is 0. The summed E-state index contributed by atoms with van der Waals surface area (Å²) in [5.74, 6) is 0.316. The number of methoxy groups -OCH3 is 1. The van der Waals surface area contributed by atoms with E-state index in [1.807, 2.05) is 66.7 Å². The number of ether oxygens (including phenoxy) is 2. The van der Waals surface area contributed by atoms with E-state index in [0.29, 0.717) is 11.3 Å². The van der Waals surface area contributed by atoms with Crippen LogP contribution in [-0.4, -0.2) is 31.7 Å². The largest absolute Gasteiger partial charge is 0.497 e. The highest BCUT2D eigenvalue weighted by atomic mass is 16.5. The number of hydrogen-bond acceptors (Lipinski definition) is 6. The van der Waals surface area contributed by atoms with Crippen molar-refractivity contribution < 1.29 is 19.1 Å². The molecule has 4 aromatic carbocycles. The van der Waals surface area contributed by atoms with Gasteiger partial charge in [0, 0.05) is 17.1 Å². The predicted octanol–water partition coefficient (Wildman–Crippen LogP) is 5.03. The molecule has 0 heterocycles. The minimum atomic E-state index is -0.507. The Bertz CT molecular complexity index is 1410. The lowest BCUT2D eigenvalue weighted by Crippen LogP contribution is -2.25. The second-order valence-electron chi connectivity index (χ2n) is 7.77. The minimum absolute atomic E-state index is 0.0729. The van der Waals surface area contributed by atoms with Gasteiger partial charge in [-0.3, -0.25) is 4.79 Å². The molecule has 0 aliphatic rings. The number of nitrogens with zero attached hydrogens (tertiary/aromatic N) is 1. The molecule has 0 aliphatic carbocycles. The highest BCUT2D eigenvalue weighted by Crippen LogP contribution is 2.22. The molecule has 0 atom stereocenters. The van der Waals surface area contributed by atoms with Gasteiger partial charge in [-0.1, -0.05) is 60.7 Å². The number of benzene rings is 4. The number of fused-ring (bicyclic) bond motifs is 1. The molecule has 4 aromatic rings. The van der Waals surface area contributed by atoms with Crippen LogP contribution in [0.1, 0.15) is 11.1 Å². The molecule has 0 aliphatic heterocycles. The van der Waals surface area contributed by atoms with E-state index in [1.54, 1.807) is 37.5 Å². The molecule has 4 rings (SSSR count). The molecule has 0 unspecified atom stereocenters. The Morgan fingerprint density at radius 1 is 0.861 bits per heavy atom. The molecule has 0 spiro atoms. The first-order valence-corrected chi connectivity index (χ1v) is 11.3. The number of carbonyl (C=O) groups excluding carboxylic acids is 2. The molecule has 0 aromatic heterocycles. The van der Waals surface area contributed by atoms with E-state index in [0.717, 1.165) is 27.8 Å². The molecule has 180 valence electrons. The van der Waals surface area contributed by atoms with Crippen molar-refractivity contribution in [3.8, 4) is 11.5 Å². The highest BCUT2D eigenvalue weighted by Gasteiger charge is 2.04. The van der Waals surface area contributed by atoms with E-state index in [1.165, 1.54) is 12.3 Å². The van der Waals surface area contributed by atoms with Gasteiger partial charge in [-0.25, -0.2) is 10.2 Å². The fraction of sp³-hybridized carbons (Fsp3) is 0.0690. The Balaban J connectivity index is 1.27. The van der Waals surface area contributed by atoms with Crippen LogP contribution in [0.4, 0.5) is 5.69 Å². The molecule has 0 bridgehead atoms. The lowest BCUT2D eigenvalue weighted by Gasteiger charge is -2.08. The van der Waals surface area contributed by atoms with Crippen LogP contribution in [0.25, 0.3) is 16.8 Å². The molecule has 0 radical (unpaired) electrons. The highest BCUT2D eigenvalue weighted by molar-refractivity contribution is 5.95. The number of amides is 1. The van der Waals surface area contributed by atoms with Gasteiger partial charge in [0.15, 0.2) is 0 Å². The SMILES string of the molecule is COc1ccc(/C=C/C(=O)Oc2cccc(/C=N\NC(=O)CNc3cccc4ccccc34)c2)cc1. The van der Waals surface area contributed by atoms with Gasteiger partial charge in [-0.15, -0.1) is 0 Å². The van der Waals surface area contributed by atoms with Crippen LogP contribution in [0.5, 0.6) is 11.5 Å². The Morgan fingerprint density at radius 2 is 1.64 bits per heavy atom. The number of nitrogens with one attached hydrogen (secondary N) is 2. The summed E-state index contributed by atoms with van der Waals surface area (Å²) in [6.07, 6.45) is 4.50. The number of hydrogen-bond donors (Lipinski definition) is 2. The summed E-state index contributed by atoms with van der Waals surface area (Å²) in [4.78, 5) is 24.4. The molecule has 0 saturated heterocycles. The molecule has 1 amide bonds. The predicted molar refractivity (Wildman–Crippen MR) is 142 cm³/mol. The maximum atomic E-state index is 12.2. The summed E-state index contributed by atoms with van der Waals surface area (Å²) < 4.78 is 10.5. The van der Waals surface area contributed by atoms with Gasteiger partial charge in [-0.05, 0) is 52.9 Å². The third-order valence-corrected chi connectivity index (χ3v) is 5.24. The standard InChI is InChI=1S/C29H25N3O4/c1-35-24-15-12-21(13-16-24)14-17-29(34)36-25-9-4-6-22(18-25)19-31-32-28(33)20-30-27-11-5-8-23-7-2-3-10-26(23)27/h2-19,30H,20H2,1H3,(H,32,33)/b17-14+,31-19-. The quantitative estimate of drug-likeness (QED) is 0.116. The molecule has 7 heteroatoms. The van der Waals surface area contributed by atoms with Gasteiger partial charge < -0.3 is 14.8 Å². The lowest BCUT2D eigenvalue weighted by atomic mass is 10.1. The molecule has 0 fully saturated rings. The summed E-state index contributed by atoms with van der Waals surface area (Å²) in [7, 11) is 1.60. The molecular formula is C29H25N3O4. The van der Waals surface area contributed by atoms with Crippen LogP contribution in [-0.2, 0) is 9.59 Å². The minimum Gasteiger partial charge on any atom is -0.497 e. The van der Waals surface area contributed by atoms with Crippen LogP contribution in [0.15, 0.2) is 102 Å². The summed E-state index contributed by atoms with van der Waals surface area (Å²) in [5, 5.41) is 9.28. The van der Waals surface area contributed by atoms with E-state index in [9.17, 15) is 9.59 Å².